The molecule has 0 aliphatic heterocycles. The Morgan fingerprint density at radius 2 is 1.78 bits per heavy atom. The largest absolute Gasteiger partial charge is 0.497 e. The Labute approximate surface area is 196 Å². The minimum absolute atomic E-state index is 0.0102. The van der Waals surface area contributed by atoms with Gasteiger partial charge in [0.2, 0.25) is 0 Å². The van der Waals surface area contributed by atoms with E-state index in [4.69, 9.17) is 21.4 Å². The number of hydrogen-bond donors (Lipinski definition) is 1. The van der Waals surface area contributed by atoms with E-state index in [0.29, 0.717) is 11.3 Å². The van der Waals surface area contributed by atoms with Crippen LogP contribution in [0.15, 0.2) is 54.6 Å². The van der Waals surface area contributed by atoms with E-state index in [-0.39, 0.29) is 24.5 Å². The van der Waals surface area contributed by atoms with Gasteiger partial charge in [-0.15, -0.1) is 0 Å². The van der Waals surface area contributed by atoms with Crippen LogP contribution in [0.4, 0.5) is 0 Å². The number of carboxylic acids is 1. The van der Waals surface area contributed by atoms with Crippen LogP contribution in [0.5, 0.6) is 5.75 Å². The Morgan fingerprint density at radius 3 is 2.50 bits per heavy atom. The standard InChI is InChI=1S/C27H33ClO4/c1-20(17-27(30)31)16-26(29)25(22-12-9-14-24(19-22)32-2)15-7-5-3-4-6-10-21-11-8-13-23(28)18-21/h8-9,11-15,18-20H,3-7,10,16-17H2,1-2H3,(H,30,31)/t20-/m0/s1. The summed E-state index contributed by atoms with van der Waals surface area (Å²) in [5, 5.41) is 9.78. The Hall–Kier alpha value is -2.59. The van der Waals surface area contributed by atoms with Crippen molar-refractivity contribution in [3.63, 3.8) is 0 Å². The highest BCUT2D eigenvalue weighted by Gasteiger charge is 2.17. The van der Waals surface area contributed by atoms with E-state index in [1.54, 1.807) is 14.0 Å². The normalized spacial score (nSPS) is 12.4. The number of allylic oxidation sites excluding steroid dienone is 2. The van der Waals surface area contributed by atoms with Gasteiger partial charge in [-0.2, -0.15) is 0 Å². The molecular weight excluding hydrogens is 424 g/mol. The first kappa shape index (κ1) is 25.7. The number of methoxy groups -OCH3 is 1. The monoisotopic (exact) mass is 456 g/mol. The smallest absolute Gasteiger partial charge is 0.303 e. The summed E-state index contributed by atoms with van der Waals surface area (Å²) in [7, 11) is 1.60. The first-order chi connectivity index (χ1) is 15.4. The summed E-state index contributed by atoms with van der Waals surface area (Å²) in [4.78, 5) is 23.9. The van der Waals surface area contributed by atoms with Crippen LogP contribution in [-0.4, -0.2) is 24.0 Å². The third kappa shape index (κ3) is 9.27. The number of Topliss-reactive ketones (excluding diaryl/α,β-unsaturated/α-hetero) is 1. The Bertz CT molecular complexity index is 919. The average molecular weight is 457 g/mol. The first-order valence-corrected chi connectivity index (χ1v) is 11.6. The van der Waals surface area contributed by atoms with Crippen molar-refractivity contribution in [2.75, 3.05) is 7.11 Å². The Balaban J connectivity index is 1.92. The third-order valence-corrected chi connectivity index (χ3v) is 5.63. The summed E-state index contributed by atoms with van der Waals surface area (Å²) in [5.41, 5.74) is 2.73. The minimum atomic E-state index is -0.880. The fraction of sp³-hybridized carbons (Fsp3) is 0.407. The van der Waals surface area contributed by atoms with Gasteiger partial charge in [-0.3, -0.25) is 9.59 Å². The zero-order valence-corrected chi connectivity index (χ0v) is 19.7. The number of carbonyl (C=O) groups is 2. The summed E-state index contributed by atoms with van der Waals surface area (Å²) in [6.45, 7) is 1.80. The van der Waals surface area contributed by atoms with Gasteiger partial charge in [-0.25, -0.2) is 0 Å². The molecule has 0 bridgehead atoms. The van der Waals surface area contributed by atoms with Crippen molar-refractivity contribution in [2.24, 2.45) is 5.92 Å². The molecule has 2 aromatic rings. The van der Waals surface area contributed by atoms with Crippen molar-refractivity contribution < 1.29 is 19.4 Å². The summed E-state index contributed by atoms with van der Waals surface area (Å²) in [5.74, 6) is -0.413. The number of unbranched alkanes of at least 4 members (excludes halogenated alkanes) is 4. The molecule has 172 valence electrons. The van der Waals surface area contributed by atoms with Crippen LogP contribution in [0.2, 0.25) is 5.02 Å². The Kier molecular flexibility index (Phi) is 11.0. The van der Waals surface area contributed by atoms with Crippen molar-refractivity contribution >= 4 is 28.9 Å². The van der Waals surface area contributed by atoms with Gasteiger partial charge in [-0.1, -0.05) is 61.7 Å². The van der Waals surface area contributed by atoms with Crippen molar-refractivity contribution in [3.8, 4) is 5.75 Å². The predicted molar refractivity (Wildman–Crippen MR) is 130 cm³/mol. The lowest BCUT2D eigenvalue weighted by Crippen LogP contribution is -2.11. The number of aliphatic carboxylic acids is 1. The number of ketones is 1. The summed E-state index contributed by atoms with van der Waals surface area (Å²) in [6, 6.07) is 15.5. The molecule has 0 heterocycles. The average Bonchev–Trinajstić information content (AvgIpc) is 2.75. The molecule has 4 nitrogen and oxygen atoms in total. The van der Waals surface area contributed by atoms with Gasteiger partial charge in [0.15, 0.2) is 5.78 Å². The summed E-state index contributed by atoms with van der Waals surface area (Å²) in [6.07, 6.45) is 8.36. The van der Waals surface area contributed by atoms with Crippen molar-refractivity contribution in [1.82, 2.24) is 0 Å². The summed E-state index contributed by atoms with van der Waals surface area (Å²) < 4.78 is 5.31. The number of benzene rings is 2. The molecular formula is C27H33ClO4. The fourth-order valence-electron chi connectivity index (χ4n) is 3.75. The number of rotatable bonds is 14. The van der Waals surface area contributed by atoms with E-state index in [0.717, 1.165) is 49.1 Å². The fourth-order valence-corrected chi connectivity index (χ4v) is 3.96. The van der Waals surface area contributed by atoms with Gasteiger partial charge in [0.1, 0.15) is 5.75 Å². The third-order valence-electron chi connectivity index (χ3n) is 5.40. The second-order valence-corrected chi connectivity index (χ2v) is 8.70. The molecule has 0 fully saturated rings. The number of ether oxygens (including phenoxy) is 1. The number of halogens is 1. The second kappa shape index (κ2) is 13.7. The molecule has 2 aromatic carbocycles. The van der Waals surface area contributed by atoms with Crippen molar-refractivity contribution in [2.45, 2.75) is 58.3 Å². The molecule has 1 N–H and O–H groups in total. The van der Waals surface area contributed by atoms with E-state index in [1.807, 2.05) is 48.5 Å². The van der Waals surface area contributed by atoms with Crippen molar-refractivity contribution in [1.29, 1.82) is 0 Å². The van der Waals surface area contributed by atoms with Crippen LogP contribution < -0.4 is 4.74 Å². The SMILES string of the molecule is COc1cccc(C(=CCCCCCCc2cccc(Cl)c2)C(=O)C[C@H](C)CC(=O)O)c1. The van der Waals surface area contributed by atoms with Crippen LogP contribution in [0.3, 0.4) is 0 Å². The number of hydrogen-bond acceptors (Lipinski definition) is 3. The van der Waals surface area contributed by atoms with Gasteiger partial charge < -0.3 is 9.84 Å². The number of aryl methyl sites for hydroxylation is 1. The van der Waals surface area contributed by atoms with E-state index in [1.165, 1.54) is 5.56 Å². The van der Waals surface area contributed by atoms with E-state index >= 15 is 0 Å². The zero-order valence-electron chi connectivity index (χ0n) is 19.0. The van der Waals surface area contributed by atoms with Crippen LogP contribution in [0, 0.1) is 5.92 Å². The maximum absolute atomic E-state index is 13.0. The highest BCUT2D eigenvalue weighted by Crippen LogP contribution is 2.25. The minimum Gasteiger partial charge on any atom is -0.497 e. The molecule has 0 saturated heterocycles. The molecule has 0 spiro atoms. The summed E-state index contributed by atoms with van der Waals surface area (Å²) >= 11 is 6.04. The molecule has 0 saturated carbocycles. The topological polar surface area (TPSA) is 63.6 Å². The quantitative estimate of drug-likeness (QED) is 0.245. The van der Waals surface area contributed by atoms with Gasteiger partial charge in [-0.05, 0) is 67.0 Å². The van der Waals surface area contributed by atoms with Gasteiger partial charge >= 0.3 is 5.97 Å². The second-order valence-electron chi connectivity index (χ2n) is 8.26. The molecule has 5 heteroatoms. The molecule has 0 aliphatic rings. The lowest BCUT2D eigenvalue weighted by atomic mass is 9.92. The van der Waals surface area contributed by atoms with Gasteiger partial charge in [0.05, 0.1) is 7.11 Å². The highest BCUT2D eigenvalue weighted by atomic mass is 35.5. The lowest BCUT2D eigenvalue weighted by molar-refractivity contribution is -0.138. The van der Waals surface area contributed by atoms with E-state index in [9.17, 15) is 9.59 Å². The predicted octanol–water partition coefficient (Wildman–Crippen LogP) is 7.00. The van der Waals surface area contributed by atoms with Crippen LogP contribution in [0.25, 0.3) is 5.57 Å². The molecule has 0 aromatic heterocycles. The van der Waals surface area contributed by atoms with Gasteiger partial charge in [0.25, 0.3) is 0 Å². The lowest BCUT2D eigenvalue weighted by Gasteiger charge is -2.12. The maximum atomic E-state index is 13.0. The van der Waals surface area contributed by atoms with Crippen LogP contribution >= 0.6 is 11.6 Å². The van der Waals surface area contributed by atoms with Crippen LogP contribution in [-0.2, 0) is 16.0 Å². The number of carbonyl (C=O) groups excluding carboxylic acids is 1. The van der Waals surface area contributed by atoms with Crippen molar-refractivity contribution in [3.05, 3.63) is 70.8 Å². The highest BCUT2D eigenvalue weighted by molar-refractivity contribution is 6.30. The van der Waals surface area contributed by atoms with E-state index in [2.05, 4.69) is 6.07 Å². The molecule has 0 amide bonds. The molecule has 32 heavy (non-hydrogen) atoms. The Morgan fingerprint density at radius 1 is 1.03 bits per heavy atom. The first-order valence-electron chi connectivity index (χ1n) is 11.2. The zero-order chi connectivity index (χ0) is 23.3. The molecule has 0 unspecified atom stereocenters. The maximum Gasteiger partial charge on any atom is 0.303 e. The van der Waals surface area contributed by atoms with Gasteiger partial charge in [0, 0.05) is 23.4 Å². The molecule has 2 rings (SSSR count). The molecule has 0 radical (unpaired) electrons. The number of carboxylic acid groups (broad SMARTS) is 1. The molecule has 1 atom stereocenters. The van der Waals surface area contributed by atoms with Crippen LogP contribution in [0.1, 0.15) is 63.0 Å². The van der Waals surface area contributed by atoms with E-state index < -0.39 is 5.97 Å². The molecule has 0 aliphatic carbocycles.